The van der Waals surface area contributed by atoms with Crippen LogP contribution < -0.4 is 5.56 Å². The van der Waals surface area contributed by atoms with Gasteiger partial charge in [-0.05, 0) is 23.7 Å². The molecule has 0 spiro atoms. The minimum atomic E-state index is -0.134. The molecule has 3 aromatic rings. The van der Waals surface area contributed by atoms with Crippen LogP contribution in [0, 0.1) is 11.3 Å². The fraction of sp³-hybridized carbons (Fsp3) is 0.0833. The summed E-state index contributed by atoms with van der Waals surface area (Å²) in [6.07, 6.45) is 1.60. The van der Waals surface area contributed by atoms with Gasteiger partial charge in [0.2, 0.25) is 0 Å². The van der Waals surface area contributed by atoms with Crippen molar-refractivity contribution in [3.05, 3.63) is 46.4 Å². The van der Waals surface area contributed by atoms with E-state index in [2.05, 4.69) is 11.2 Å². The third kappa shape index (κ3) is 1.45. The number of hydrogen-bond acceptors (Lipinski definition) is 4. The molecule has 2 aromatic heterocycles. The molecule has 6 heteroatoms. The fourth-order valence-electron chi connectivity index (χ4n) is 1.82. The highest BCUT2D eigenvalue weighted by atomic mass is 32.1. The van der Waals surface area contributed by atoms with Gasteiger partial charge in [-0.2, -0.15) is 10.4 Å². The summed E-state index contributed by atoms with van der Waals surface area (Å²) in [6.45, 7) is 0. The molecular formula is C12H8N4OS. The SMILES string of the molecule is Cn1cc(C#N)c(-n2sc3ccccc3c2=O)n1. The van der Waals surface area contributed by atoms with Gasteiger partial charge in [-0.15, -0.1) is 0 Å². The molecule has 3 rings (SSSR count). The lowest BCUT2D eigenvalue weighted by Gasteiger charge is -1.93. The van der Waals surface area contributed by atoms with Gasteiger partial charge in [0.15, 0.2) is 5.82 Å². The molecule has 88 valence electrons. The van der Waals surface area contributed by atoms with Crippen LogP contribution in [0.15, 0.2) is 35.3 Å². The van der Waals surface area contributed by atoms with Crippen molar-refractivity contribution in [2.75, 3.05) is 0 Å². The topological polar surface area (TPSA) is 63.6 Å². The second-order valence-electron chi connectivity index (χ2n) is 3.84. The molecule has 0 radical (unpaired) electrons. The van der Waals surface area contributed by atoms with Gasteiger partial charge in [0.05, 0.1) is 10.1 Å². The van der Waals surface area contributed by atoms with Gasteiger partial charge >= 0.3 is 0 Å². The predicted octanol–water partition coefficient (Wildman–Crippen LogP) is 1.66. The van der Waals surface area contributed by atoms with Crippen molar-refractivity contribution >= 4 is 21.6 Å². The van der Waals surface area contributed by atoms with Crippen LogP contribution >= 0.6 is 11.5 Å². The normalized spacial score (nSPS) is 10.7. The van der Waals surface area contributed by atoms with E-state index in [0.29, 0.717) is 16.8 Å². The van der Waals surface area contributed by atoms with Gasteiger partial charge in [0, 0.05) is 13.2 Å². The molecule has 2 heterocycles. The molecule has 0 amide bonds. The van der Waals surface area contributed by atoms with Crippen molar-refractivity contribution in [1.82, 2.24) is 13.7 Å². The third-order valence-electron chi connectivity index (χ3n) is 2.61. The smallest absolute Gasteiger partial charge is 0.272 e. The summed E-state index contributed by atoms with van der Waals surface area (Å²) in [6, 6.07) is 9.41. The lowest BCUT2D eigenvalue weighted by atomic mass is 10.3. The monoisotopic (exact) mass is 256 g/mol. The predicted molar refractivity (Wildman–Crippen MR) is 68.9 cm³/mol. The number of nitrogens with zero attached hydrogens (tertiary/aromatic N) is 4. The van der Waals surface area contributed by atoms with Crippen LogP contribution in [0.25, 0.3) is 15.9 Å². The number of fused-ring (bicyclic) bond motifs is 1. The largest absolute Gasteiger partial charge is 0.274 e. The van der Waals surface area contributed by atoms with Gasteiger partial charge in [0.1, 0.15) is 11.6 Å². The molecule has 0 saturated heterocycles. The van der Waals surface area contributed by atoms with E-state index in [1.165, 1.54) is 20.2 Å². The van der Waals surface area contributed by atoms with E-state index in [9.17, 15) is 4.79 Å². The Morgan fingerprint density at radius 2 is 2.17 bits per heavy atom. The molecule has 0 fully saturated rings. The first-order valence-corrected chi connectivity index (χ1v) is 6.03. The molecule has 5 nitrogen and oxygen atoms in total. The summed E-state index contributed by atoms with van der Waals surface area (Å²) < 4.78 is 3.88. The van der Waals surface area contributed by atoms with Crippen molar-refractivity contribution in [1.29, 1.82) is 5.26 Å². The summed E-state index contributed by atoms with van der Waals surface area (Å²) in [7, 11) is 1.72. The van der Waals surface area contributed by atoms with Crippen molar-refractivity contribution in [3.8, 4) is 11.9 Å². The van der Waals surface area contributed by atoms with Crippen LogP contribution in [0.1, 0.15) is 5.56 Å². The van der Waals surface area contributed by atoms with E-state index >= 15 is 0 Å². The van der Waals surface area contributed by atoms with Gasteiger partial charge in [-0.1, -0.05) is 12.1 Å². The summed E-state index contributed by atoms with van der Waals surface area (Å²) >= 11 is 1.30. The summed E-state index contributed by atoms with van der Waals surface area (Å²) in [5.41, 5.74) is 0.261. The lowest BCUT2D eigenvalue weighted by Crippen LogP contribution is -2.12. The third-order valence-corrected chi connectivity index (χ3v) is 3.69. The Hall–Kier alpha value is -2.39. The van der Waals surface area contributed by atoms with E-state index in [4.69, 9.17) is 5.26 Å². The average Bonchev–Trinajstić information content (AvgIpc) is 2.91. The Kier molecular flexibility index (Phi) is 2.28. The number of nitriles is 1. The van der Waals surface area contributed by atoms with Crippen LogP contribution in [-0.2, 0) is 7.05 Å². The van der Waals surface area contributed by atoms with Crippen molar-refractivity contribution in [2.24, 2.45) is 7.05 Å². The van der Waals surface area contributed by atoms with E-state index in [1.54, 1.807) is 19.3 Å². The first-order valence-electron chi connectivity index (χ1n) is 5.26. The highest BCUT2D eigenvalue weighted by Crippen LogP contribution is 2.20. The van der Waals surface area contributed by atoms with E-state index in [0.717, 1.165) is 4.70 Å². The second-order valence-corrected chi connectivity index (χ2v) is 4.83. The van der Waals surface area contributed by atoms with Crippen LogP contribution in [0.5, 0.6) is 0 Å². The van der Waals surface area contributed by atoms with Gasteiger partial charge in [-0.3, -0.25) is 9.48 Å². The highest BCUT2D eigenvalue weighted by molar-refractivity contribution is 7.14. The highest BCUT2D eigenvalue weighted by Gasteiger charge is 2.15. The maximum atomic E-state index is 12.2. The van der Waals surface area contributed by atoms with Crippen LogP contribution in [-0.4, -0.2) is 13.7 Å². The summed E-state index contributed by atoms with van der Waals surface area (Å²) in [5, 5.41) is 13.9. The lowest BCUT2D eigenvalue weighted by molar-refractivity contribution is 0.756. The molecule has 1 aromatic carbocycles. The maximum Gasteiger partial charge on any atom is 0.274 e. The molecule has 0 bridgehead atoms. The van der Waals surface area contributed by atoms with Crippen LogP contribution in [0.2, 0.25) is 0 Å². The molecule has 0 N–H and O–H groups in total. The zero-order valence-corrected chi connectivity index (χ0v) is 10.3. The zero-order valence-electron chi connectivity index (χ0n) is 9.49. The number of rotatable bonds is 1. The fourth-order valence-corrected chi connectivity index (χ4v) is 2.81. The van der Waals surface area contributed by atoms with Gasteiger partial charge in [-0.25, -0.2) is 3.96 Å². The number of aryl methyl sites for hydroxylation is 1. The molecule has 18 heavy (non-hydrogen) atoms. The number of benzene rings is 1. The maximum absolute atomic E-state index is 12.2. The first kappa shape index (κ1) is 10.7. The summed E-state index contributed by atoms with van der Waals surface area (Å²) in [4.78, 5) is 12.2. The number of aromatic nitrogens is 3. The van der Waals surface area contributed by atoms with Gasteiger partial charge in [0.25, 0.3) is 5.56 Å². The minimum Gasteiger partial charge on any atom is -0.272 e. The quantitative estimate of drug-likeness (QED) is 0.665. The van der Waals surface area contributed by atoms with Crippen LogP contribution in [0.4, 0.5) is 0 Å². The Morgan fingerprint density at radius 3 is 2.89 bits per heavy atom. The Labute approximate surface area is 106 Å². The van der Waals surface area contributed by atoms with E-state index < -0.39 is 0 Å². The van der Waals surface area contributed by atoms with Gasteiger partial charge < -0.3 is 0 Å². The first-order chi connectivity index (χ1) is 8.70. The molecule has 0 unspecified atom stereocenters. The standard InChI is InChI=1S/C12H8N4OS/c1-15-7-8(6-13)11(14-15)16-12(17)9-4-2-3-5-10(9)18-16/h2-5,7H,1H3. The van der Waals surface area contributed by atoms with E-state index in [1.807, 2.05) is 18.2 Å². The average molecular weight is 256 g/mol. The van der Waals surface area contributed by atoms with E-state index in [-0.39, 0.29) is 5.56 Å². The molecule has 0 aliphatic rings. The molecule has 0 atom stereocenters. The number of hydrogen-bond donors (Lipinski definition) is 0. The van der Waals surface area contributed by atoms with Crippen molar-refractivity contribution in [2.45, 2.75) is 0 Å². The molecular weight excluding hydrogens is 248 g/mol. The minimum absolute atomic E-state index is 0.134. The molecule has 0 saturated carbocycles. The van der Waals surface area contributed by atoms with Crippen molar-refractivity contribution < 1.29 is 0 Å². The Bertz CT molecular complexity index is 834. The zero-order chi connectivity index (χ0) is 12.7. The molecule has 0 aliphatic heterocycles. The Morgan fingerprint density at radius 1 is 1.39 bits per heavy atom. The Balaban J connectivity index is 2.36. The second kappa shape index (κ2) is 3.82. The summed E-state index contributed by atoms with van der Waals surface area (Å²) in [5.74, 6) is 0.395. The van der Waals surface area contributed by atoms with Crippen LogP contribution in [0.3, 0.4) is 0 Å². The molecule has 0 aliphatic carbocycles. The van der Waals surface area contributed by atoms with Crippen molar-refractivity contribution in [3.63, 3.8) is 0 Å².